The van der Waals surface area contributed by atoms with Gasteiger partial charge >= 0.3 is 0 Å². The predicted octanol–water partition coefficient (Wildman–Crippen LogP) is 3.23. The van der Waals surface area contributed by atoms with E-state index in [2.05, 4.69) is 10.1 Å². The Morgan fingerprint density at radius 3 is 2.36 bits per heavy atom. The van der Waals surface area contributed by atoms with E-state index < -0.39 is 0 Å². The Hall–Kier alpha value is -2.95. The lowest BCUT2D eigenvalue weighted by molar-refractivity contribution is 0.0793. The minimum atomic E-state index is 0.139. The first-order valence-electron chi connectivity index (χ1n) is 8.62. The van der Waals surface area contributed by atoms with Crippen LogP contribution in [0.2, 0.25) is 0 Å². The van der Waals surface area contributed by atoms with Crippen molar-refractivity contribution in [1.29, 1.82) is 0 Å². The Morgan fingerprint density at radius 1 is 0.920 bits per heavy atom. The molecule has 0 N–H and O–H groups in total. The Kier molecular flexibility index (Phi) is 4.29. The molecule has 0 spiro atoms. The van der Waals surface area contributed by atoms with Gasteiger partial charge in [0.1, 0.15) is 0 Å². The summed E-state index contributed by atoms with van der Waals surface area (Å²) in [6, 6.07) is 13.8. The van der Waals surface area contributed by atoms with Gasteiger partial charge in [0.05, 0.1) is 12.2 Å². The van der Waals surface area contributed by atoms with Crippen LogP contribution in [0.3, 0.4) is 0 Å². The fourth-order valence-electron chi connectivity index (χ4n) is 3.26. The van der Waals surface area contributed by atoms with Gasteiger partial charge in [-0.05, 0) is 48.7 Å². The molecule has 1 amide bonds. The molecule has 25 heavy (non-hydrogen) atoms. The number of carbonyl (C=O) groups excluding carboxylic acids is 1. The molecule has 4 rings (SSSR count). The van der Waals surface area contributed by atoms with Crippen LogP contribution in [0.5, 0.6) is 0 Å². The average molecular weight is 332 g/mol. The van der Waals surface area contributed by atoms with Gasteiger partial charge in [0.15, 0.2) is 0 Å². The summed E-state index contributed by atoms with van der Waals surface area (Å²) in [6.07, 6.45) is 7.60. The zero-order chi connectivity index (χ0) is 17.1. The highest BCUT2D eigenvalue weighted by atomic mass is 16.2. The molecular formula is C20H20N4O. The molecule has 1 aromatic carbocycles. The molecule has 0 aliphatic carbocycles. The molecule has 0 radical (unpaired) electrons. The first kappa shape index (κ1) is 15.6. The Labute approximate surface area is 146 Å². The van der Waals surface area contributed by atoms with Crippen LogP contribution in [0.1, 0.15) is 28.8 Å². The molecule has 2 aromatic heterocycles. The zero-order valence-corrected chi connectivity index (χ0v) is 14.0. The third-order valence-electron chi connectivity index (χ3n) is 4.62. The molecule has 5 heteroatoms. The SMILES string of the molecule is O=C(c1ccc(Cn2nccc2-c2ccncc2)cc1)N1CCCC1. The van der Waals surface area contributed by atoms with Crippen LogP contribution in [-0.4, -0.2) is 38.7 Å². The monoisotopic (exact) mass is 332 g/mol. The normalized spacial score (nSPS) is 14.0. The number of pyridine rings is 1. The number of nitrogens with zero attached hydrogens (tertiary/aromatic N) is 4. The van der Waals surface area contributed by atoms with Crippen molar-refractivity contribution in [2.24, 2.45) is 0 Å². The molecule has 0 saturated carbocycles. The van der Waals surface area contributed by atoms with Crippen LogP contribution in [-0.2, 0) is 6.54 Å². The summed E-state index contributed by atoms with van der Waals surface area (Å²) >= 11 is 0. The van der Waals surface area contributed by atoms with E-state index in [0.29, 0.717) is 6.54 Å². The molecule has 3 aromatic rings. The second-order valence-corrected chi connectivity index (χ2v) is 6.31. The number of hydrogen-bond donors (Lipinski definition) is 0. The summed E-state index contributed by atoms with van der Waals surface area (Å²) < 4.78 is 1.96. The van der Waals surface area contributed by atoms with E-state index in [1.165, 1.54) is 0 Å². The van der Waals surface area contributed by atoms with Gasteiger partial charge in [-0.3, -0.25) is 14.5 Å². The smallest absolute Gasteiger partial charge is 0.253 e. The van der Waals surface area contributed by atoms with Gasteiger partial charge < -0.3 is 4.90 Å². The minimum absolute atomic E-state index is 0.139. The molecule has 1 aliphatic rings. The van der Waals surface area contributed by atoms with Crippen molar-refractivity contribution >= 4 is 5.91 Å². The molecule has 1 aliphatic heterocycles. The highest BCUT2D eigenvalue weighted by Gasteiger charge is 2.19. The molecule has 3 heterocycles. The van der Waals surface area contributed by atoms with Crippen LogP contribution in [0.15, 0.2) is 61.1 Å². The Bertz CT molecular complexity index is 849. The largest absolute Gasteiger partial charge is 0.339 e. The van der Waals surface area contributed by atoms with Crippen LogP contribution in [0, 0.1) is 0 Å². The van der Waals surface area contributed by atoms with Gasteiger partial charge in [-0.25, -0.2) is 0 Å². The highest BCUT2D eigenvalue weighted by Crippen LogP contribution is 2.19. The van der Waals surface area contributed by atoms with E-state index in [-0.39, 0.29) is 5.91 Å². The van der Waals surface area contributed by atoms with Crippen molar-refractivity contribution in [1.82, 2.24) is 19.7 Å². The number of rotatable bonds is 4. The van der Waals surface area contributed by atoms with Crippen molar-refractivity contribution in [3.63, 3.8) is 0 Å². The highest BCUT2D eigenvalue weighted by molar-refractivity contribution is 5.94. The average Bonchev–Trinajstić information content (AvgIpc) is 3.35. The first-order valence-corrected chi connectivity index (χ1v) is 8.62. The van der Waals surface area contributed by atoms with Gasteiger partial charge in [0, 0.05) is 42.8 Å². The van der Waals surface area contributed by atoms with Gasteiger partial charge in [-0.15, -0.1) is 0 Å². The summed E-state index contributed by atoms with van der Waals surface area (Å²) in [4.78, 5) is 18.4. The fourth-order valence-corrected chi connectivity index (χ4v) is 3.26. The van der Waals surface area contributed by atoms with Crippen LogP contribution >= 0.6 is 0 Å². The van der Waals surface area contributed by atoms with Gasteiger partial charge in [-0.2, -0.15) is 5.10 Å². The van der Waals surface area contributed by atoms with E-state index in [1.807, 2.05) is 52.0 Å². The van der Waals surface area contributed by atoms with Crippen molar-refractivity contribution in [2.75, 3.05) is 13.1 Å². The topological polar surface area (TPSA) is 51.0 Å². The lowest BCUT2D eigenvalue weighted by Crippen LogP contribution is -2.27. The molecule has 1 saturated heterocycles. The van der Waals surface area contributed by atoms with E-state index >= 15 is 0 Å². The molecular weight excluding hydrogens is 312 g/mol. The second-order valence-electron chi connectivity index (χ2n) is 6.31. The van der Waals surface area contributed by atoms with Crippen LogP contribution in [0.4, 0.5) is 0 Å². The van der Waals surface area contributed by atoms with E-state index in [1.54, 1.807) is 18.6 Å². The van der Waals surface area contributed by atoms with E-state index in [4.69, 9.17) is 0 Å². The van der Waals surface area contributed by atoms with E-state index in [9.17, 15) is 4.79 Å². The first-order chi connectivity index (χ1) is 12.3. The summed E-state index contributed by atoms with van der Waals surface area (Å²) in [7, 11) is 0. The van der Waals surface area contributed by atoms with Crippen molar-refractivity contribution in [2.45, 2.75) is 19.4 Å². The second kappa shape index (κ2) is 6.89. The molecule has 5 nitrogen and oxygen atoms in total. The standard InChI is InChI=1S/C20H20N4O/c25-20(23-13-1-2-14-23)18-5-3-16(4-6-18)15-24-19(9-12-22-24)17-7-10-21-11-8-17/h3-12H,1-2,13-15H2. The Morgan fingerprint density at radius 2 is 1.64 bits per heavy atom. The maximum Gasteiger partial charge on any atom is 0.253 e. The number of carbonyl (C=O) groups is 1. The number of likely N-dealkylation sites (tertiary alicyclic amines) is 1. The summed E-state index contributed by atoms with van der Waals surface area (Å²) in [6.45, 7) is 2.43. The summed E-state index contributed by atoms with van der Waals surface area (Å²) in [5.74, 6) is 0.139. The van der Waals surface area contributed by atoms with Crippen molar-refractivity contribution in [3.05, 3.63) is 72.2 Å². The van der Waals surface area contributed by atoms with Crippen molar-refractivity contribution < 1.29 is 4.79 Å². The maximum atomic E-state index is 12.4. The van der Waals surface area contributed by atoms with Crippen LogP contribution in [0.25, 0.3) is 11.3 Å². The number of aromatic nitrogens is 3. The third kappa shape index (κ3) is 3.31. The number of benzene rings is 1. The van der Waals surface area contributed by atoms with E-state index in [0.717, 1.165) is 48.3 Å². The molecule has 126 valence electrons. The number of hydrogen-bond acceptors (Lipinski definition) is 3. The molecule has 0 atom stereocenters. The number of amides is 1. The van der Waals surface area contributed by atoms with Gasteiger partial charge in [0.2, 0.25) is 0 Å². The third-order valence-corrected chi connectivity index (χ3v) is 4.62. The molecule has 1 fully saturated rings. The molecule has 0 unspecified atom stereocenters. The quantitative estimate of drug-likeness (QED) is 0.737. The van der Waals surface area contributed by atoms with Crippen LogP contribution < -0.4 is 0 Å². The predicted molar refractivity (Wildman–Crippen MR) is 96.1 cm³/mol. The zero-order valence-electron chi connectivity index (χ0n) is 14.0. The maximum absolute atomic E-state index is 12.4. The lowest BCUT2D eigenvalue weighted by Gasteiger charge is -2.15. The van der Waals surface area contributed by atoms with Gasteiger partial charge in [-0.1, -0.05) is 12.1 Å². The van der Waals surface area contributed by atoms with Crippen molar-refractivity contribution in [3.8, 4) is 11.3 Å². The van der Waals surface area contributed by atoms with Gasteiger partial charge in [0.25, 0.3) is 5.91 Å². The lowest BCUT2D eigenvalue weighted by atomic mass is 10.1. The summed E-state index contributed by atoms with van der Waals surface area (Å²) in [5.41, 5.74) is 4.03. The Balaban J connectivity index is 1.51. The minimum Gasteiger partial charge on any atom is -0.339 e. The molecule has 0 bridgehead atoms. The fraction of sp³-hybridized carbons (Fsp3) is 0.250. The summed E-state index contributed by atoms with van der Waals surface area (Å²) in [5, 5.41) is 4.43.